The summed E-state index contributed by atoms with van der Waals surface area (Å²) in [5.74, 6) is 0.0498. The van der Waals surface area contributed by atoms with Crippen LogP contribution in [0.25, 0.3) is 0 Å². The molecular weight excluding hydrogens is 204 g/mol. The van der Waals surface area contributed by atoms with Crippen molar-refractivity contribution in [3.05, 3.63) is 0 Å². The predicted octanol–water partition coefficient (Wildman–Crippen LogP) is 0.309. The summed E-state index contributed by atoms with van der Waals surface area (Å²) in [5.41, 5.74) is 0. The lowest BCUT2D eigenvalue weighted by molar-refractivity contribution is -0.141. The molecule has 0 bridgehead atoms. The zero-order valence-corrected chi connectivity index (χ0v) is 8.81. The lowest BCUT2D eigenvalue weighted by Crippen LogP contribution is -2.45. The van der Waals surface area contributed by atoms with Crippen LogP contribution in [0.4, 0.5) is 0 Å². The number of carbonyl (C=O) groups is 2. The van der Waals surface area contributed by atoms with E-state index in [0.717, 1.165) is 25.9 Å². The summed E-state index contributed by atoms with van der Waals surface area (Å²) in [5, 5.41) is 3.22. The van der Waals surface area contributed by atoms with Gasteiger partial charge in [-0.2, -0.15) is 0 Å². The second kappa shape index (κ2) is 4.75. The number of amides is 2. The third kappa shape index (κ3) is 2.07. The van der Waals surface area contributed by atoms with Gasteiger partial charge in [0.05, 0.1) is 0 Å². The van der Waals surface area contributed by atoms with Gasteiger partial charge in [0, 0.05) is 18.9 Å². The maximum Gasteiger partial charge on any atom is 0.229 e. The summed E-state index contributed by atoms with van der Waals surface area (Å²) in [6.07, 6.45) is 2.67. The Kier molecular flexibility index (Phi) is 3.89. The van der Waals surface area contributed by atoms with E-state index in [2.05, 4.69) is 5.32 Å². The Hall–Kier alpha value is -0.610. The molecule has 0 aromatic carbocycles. The number of carbonyl (C=O) groups excluding carboxylic acids is 2. The number of nitrogens with one attached hydrogen (secondary N) is 1. The molecule has 4 nitrogen and oxygen atoms in total. The number of rotatable bonds is 1. The van der Waals surface area contributed by atoms with Crippen LogP contribution in [0, 0.1) is 0 Å². The normalized spacial score (nSPS) is 23.9. The van der Waals surface area contributed by atoms with E-state index in [1.807, 2.05) is 0 Å². The molecule has 2 aliphatic rings. The Morgan fingerprint density at radius 2 is 1.57 bits per heavy atom. The molecule has 0 aromatic rings. The molecule has 2 amide bonds. The van der Waals surface area contributed by atoms with Gasteiger partial charge in [0.1, 0.15) is 0 Å². The third-order valence-electron chi connectivity index (χ3n) is 2.76. The minimum absolute atomic E-state index is 0. The first-order valence-corrected chi connectivity index (χ1v) is 4.84. The molecule has 14 heavy (non-hydrogen) atoms. The number of likely N-dealkylation sites (tertiary alicyclic amines) is 1. The van der Waals surface area contributed by atoms with Crippen LogP contribution in [-0.2, 0) is 9.59 Å². The molecule has 80 valence electrons. The lowest BCUT2D eigenvalue weighted by Gasteiger charge is -2.29. The fourth-order valence-corrected chi connectivity index (χ4v) is 2.07. The van der Waals surface area contributed by atoms with Crippen LogP contribution in [0.15, 0.2) is 0 Å². The van der Waals surface area contributed by atoms with Crippen LogP contribution in [0.5, 0.6) is 0 Å². The molecule has 0 unspecified atom stereocenters. The molecule has 2 rings (SSSR count). The van der Waals surface area contributed by atoms with Gasteiger partial charge in [0.25, 0.3) is 0 Å². The smallest absolute Gasteiger partial charge is 0.229 e. The summed E-state index contributed by atoms with van der Waals surface area (Å²) in [7, 11) is 0. The Bertz CT molecular complexity index is 223. The lowest BCUT2D eigenvalue weighted by atomic mass is 10.1. The molecule has 0 spiro atoms. The summed E-state index contributed by atoms with van der Waals surface area (Å²) >= 11 is 0. The topological polar surface area (TPSA) is 49.4 Å². The Balaban J connectivity index is 0.000000980. The first-order chi connectivity index (χ1) is 6.29. The first kappa shape index (κ1) is 11.5. The zero-order valence-electron chi connectivity index (χ0n) is 7.99. The minimum Gasteiger partial charge on any atom is -0.317 e. The van der Waals surface area contributed by atoms with Crippen molar-refractivity contribution in [3.8, 4) is 0 Å². The fraction of sp³-hybridized carbons (Fsp3) is 0.778. The van der Waals surface area contributed by atoms with E-state index in [-0.39, 0.29) is 30.3 Å². The van der Waals surface area contributed by atoms with Gasteiger partial charge in [0.15, 0.2) is 0 Å². The van der Waals surface area contributed by atoms with Gasteiger partial charge in [-0.3, -0.25) is 14.5 Å². The van der Waals surface area contributed by atoms with Gasteiger partial charge in [-0.1, -0.05) is 0 Å². The number of nitrogens with zero attached hydrogens (tertiary/aromatic N) is 1. The van der Waals surface area contributed by atoms with Crippen molar-refractivity contribution in [2.75, 3.05) is 13.1 Å². The highest BCUT2D eigenvalue weighted by molar-refractivity contribution is 6.02. The van der Waals surface area contributed by atoms with Crippen molar-refractivity contribution < 1.29 is 9.59 Å². The third-order valence-corrected chi connectivity index (χ3v) is 2.76. The molecule has 1 N–H and O–H groups in total. The van der Waals surface area contributed by atoms with Crippen LogP contribution >= 0.6 is 12.4 Å². The van der Waals surface area contributed by atoms with E-state index in [9.17, 15) is 9.59 Å². The molecule has 0 atom stereocenters. The van der Waals surface area contributed by atoms with E-state index >= 15 is 0 Å². The van der Waals surface area contributed by atoms with Crippen molar-refractivity contribution in [1.29, 1.82) is 0 Å². The quantitative estimate of drug-likeness (QED) is 0.645. The van der Waals surface area contributed by atoms with Crippen LogP contribution in [0.3, 0.4) is 0 Å². The van der Waals surface area contributed by atoms with Crippen LogP contribution < -0.4 is 5.32 Å². The average Bonchev–Trinajstić information content (AvgIpc) is 2.48. The monoisotopic (exact) mass is 218 g/mol. The van der Waals surface area contributed by atoms with Gasteiger partial charge in [0.2, 0.25) is 11.8 Å². The number of imide groups is 1. The van der Waals surface area contributed by atoms with Crippen molar-refractivity contribution in [1.82, 2.24) is 10.2 Å². The summed E-state index contributed by atoms with van der Waals surface area (Å²) < 4.78 is 0. The SMILES string of the molecule is Cl.O=C1CCC(=O)N1C1CCNCC1. The van der Waals surface area contributed by atoms with Crippen molar-refractivity contribution in [2.24, 2.45) is 0 Å². The highest BCUT2D eigenvalue weighted by atomic mass is 35.5. The molecule has 2 aliphatic heterocycles. The van der Waals surface area contributed by atoms with Crippen LogP contribution in [0.2, 0.25) is 0 Å². The van der Waals surface area contributed by atoms with Crippen molar-refractivity contribution in [2.45, 2.75) is 31.7 Å². The fourth-order valence-electron chi connectivity index (χ4n) is 2.07. The molecule has 0 aliphatic carbocycles. The highest BCUT2D eigenvalue weighted by Crippen LogP contribution is 2.20. The molecule has 5 heteroatoms. The van der Waals surface area contributed by atoms with E-state index in [1.165, 1.54) is 4.90 Å². The number of hydrogen-bond donors (Lipinski definition) is 1. The van der Waals surface area contributed by atoms with Crippen LogP contribution in [-0.4, -0.2) is 35.8 Å². The minimum atomic E-state index is 0. The van der Waals surface area contributed by atoms with E-state index in [1.54, 1.807) is 0 Å². The predicted molar refractivity (Wildman–Crippen MR) is 54.2 cm³/mol. The molecule has 0 saturated carbocycles. The molecule has 0 radical (unpaired) electrons. The number of hydrogen-bond acceptors (Lipinski definition) is 3. The number of piperidine rings is 1. The van der Waals surface area contributed by atoms with E-state index in [0.29, 0.717) is 12.8 Å². The molecule has 0 aromatic heterocycles. The van der Waals surface area contributed by atoms with Gasteiger partial charge in [-0.05, 0) is 25.9 Å². The largest absolute Gasteiger partial charge is 0.317 e. The summed E-state index contributed by atoms with van der Waals surface area (Å²) in [6.45, 7) is 1.84. The maximum absolute atomic E-state index is 11.4. The zero-order chi connectivity index (χ0) is 9.26. The number of halogens is 1. The molecular formula is C9H15ClN2O2. The van der Waals surface area contributed by atoms with Gasteiger partial charge in [-0.15, -0.1) is 12.4 Å². The molecule has 2 fully saturated rings. The van der Waals surface area contributed by atoms with Gasteiger partial charge >= 0.3 is 0 Å². The van der Waals surface area contributed by atoms with Crippen LogP contribution in [0.1, 0.15) is 25.7 Å². The van der Waals surface area contributed by atoms with Gasteiger partial charge in [-0.25, -0.2) is 0 Å². The Labute approximate surface area is 89.4 Å². The standard InChI is InChI=1S/C9H14N2O2.ClH/c12-8-1-2-9(13)11(8)7-3-5-10-6-4-7;/h7,10H,1-6H2;1H. The summed E-state index contributed by atoms with van der Waals surface area (Å²) in [6, 6.07) is 0.170. The molecule has 2 heterocycles. The highest BCUT2D eigenvalue weighted by Gasteiger charge is 2.35. The Morgan fingerprint density at radius 1 is 1.07 bits per heavy atom. The molecule has 2 saturated heterocycles. The maximum atomic E-state index is 11.4. The second-order valence-corrected chi connectivity index (χ2v) is 3.64. The van der Waals surface area contributed by atoms with Gasteiger partial charge < -0.3 is 5.32 Å². The second-order valence-electron chi connectivity index (χ2n) is 3.64. The van der Waals surface area contributed by atoms with E-state index < -0.39 is 0 Å². The average molecular weight is 219 g/mol. The van der Waals surface area contributed by atoms with Crippen molar-refractivity contribution >= 4 is 24.2 Å². The summed E-state index contributed by atoms with van der Waals surface area (Å²) in [4.78, 5) is 24.2. The first-order valence-electron chi connectivity index (χ1n) is 4.84. The Morgan fingerprint density at radius 3 is 2.07 bits per heavy atom. The van der Waals surface area contributed by atoms with Crippen molar-refractivity contribution in [3.63, 3.8) is 0 Å². The van der Waals surface area contributed by atoms with E-state index in [4.69, 9.17) is 0 Å².